The molecule has 2 aromatic carbocycles. The molecule has 0 saturated heterocycles. The number of aromatic nitrogens is 1. The molecule has 2 heterocycles. The van der Waals surface area contributed by atoms with Crippen LogP contribution in [0.3, 0.4) is 0 Å². The van der Waals surface area contributed by atoms with E-state index in [0.717, 1.165) is 32.6 Å². The number of fused-ring (bicyclic) bond motifs is 6. The first kappa shape index (κ1) is 23.7. The molecule has 2 saturated carbocycles. The van der Waals surface area contributed by atoms with Gasteiger partial charge in [-0.2, -0.15) is 0 Å². The molecule has 5 atom stereocenters. The van der Waals surface area contributed by atoms with E-state index < -0.39 is 0 Å². The molecule has 3 aliphatic rings. The highest BCUT2D eigenvalue weighted by atomic mass is 32.2. The molecule has 1 amide bonds. The number of thioether (sulfide) groups is 1. The van der Waals surface area contributed by atoms with Crippen molar-refractivity contribution in [1.82, 2.24) is 4.98 Å². The van der Waals surface area contributed by atoms with Crippen LogP contribution in [0.15, 0.2) is 52.3 Å². The van der Waals surface area contributed by atoms with Gasteiger partial charge in [-0.15, -0.1) is 11.8 Å². The molecule has 8 heteroatoms. The molecule has 6 rings (SSSR count). The predicted octanol–water partition coefficient (Wildman–Crippen LogP) is 5.81. The summed E-state index contributed by atoms with van der Waals surface area (Å²) in [4.78, 5) is 29.1. The number of carbonyl (C=O) groups excluding carboxylic acids is 1. The van der Waals surface area contributed by atoms with Gasteiger partial charge in [0.2, 0.25) is 0 Å². The van der Waals surface area contributed by atoms with Crippen molar-refractivity contribution >= 4 is 34.7 Å². The van der Waals surface area contributed by atoms with E-state index in [1.807, 2.05) is 55.9 Å². The Morgan fingerprint density at radius 2 is 1.89 bits per heavy atom. The standard InChI is InChI=1S/C28H30N2O4S2/c1-3-33-21-13-17(8-11-20(21)34-14-22(31)29-19-9-4-15(2)5-10-19)24-23-16-6-7-18(12-16)25(23)35-27-26(24)36-28(32)30-27/h4-5,8-11,13,16,18,23-25H,3,6-7,12,14H2,1-2H3,(H,29,31)(H,30,32)/t16?,18?,23?,24-,25?/m1/s1. The third kappa shape index (κ3) is 4.34. The van der Waals surface area contributed by atoms with Crippen molar-refractivity contribution in [2.24, 2.45) is 17.8 Å². The molecule has 1 aromatic heterocycles. The number of nitrogens with one attached hydrogen (secondary N) is 2. The molecule has 4 unspecified atom stereocenters. The number of ether oxygens (including phenoxy) is 2. The Balaban J connectivity index is 1.25. The molecule has 2 fully saturated rings. The van der Waals surface area contributed by atoms with Crippen LogP contribution in [0.2, 0.25) is 0 Å². The number of anilines is 1. The van der Waals surface area contributed by atoms with Crippen molar-refractivity contribution in [2.75, 3.05) is 18.5 Å². The molecular weight excluding hydrogens is 492 g/mol. The lowest BCUT2D eigenvalue weighted by Gasteiger charge is -2.40. The van der Waals surface area contributed by atoms with Crippen molar-refractivity contribution in [1.29, 1.82) is 0 Å². The van der Waals surface area contributed by atoms with Gasteiger partial charge in [0, 0.05) is 21.7 Å². The van der Waals surface area contributed by atoms with E-state index in [0.29, 0.717) is 35.2 Å². The second-order valence-corrected chi connectivity index (χ2v) is 12.2. The van der Waals surface area contributed by atoms with Crippen LogP contribution in [0.5, 0.6) is 11.5 Å². The lowest BCUT2D eigenvalue weighted by Crippen LogP contribution is -2.33. The Morgan fingerprint density at radius 1 is 1.08 bits per heavy atom. The maximum absolute atomic E-state index is 12.5. The number of benzene rings is 2. The fraction of sp³-hybridized carbons (Fsp3) is 0.429. The monoisotopic (exact) mass is 522 g/mol. The minimum atomic E-state index is -0.221. The summed E-state index contributed by atoms with van der Waals surface area (Å²) in [5, 5.41) is 4.48. The van der Waals surface area contributed by atoms with Crippen molar-refractivity contribution in [3.63, 3.8) is 0 Å². The first-order valence-corrected chi connectivity index (χ1v) is 14.4. The first-order chi connectivity index (χ1) is 17.5. The fourth-order valence-corrected chi connectivity index (χ4v) is 9.20. The van der Waals surface area contributed by atoms with E-state index in [2.05, 4.69) is 22.4 Å². The van der Waals surface area contributed by atoms with Gasteiger partial charge in [0.15, 0.2) is 18.1 Å². The summed E-state index contributed by atoms with van der Waals surface area (Å²) in [7, 11) is 0. The highest BCUT2D eigenvalue weighted by molar-refractivity contribution is 8.00. The van der Waals surface area contributed by atoms with Gasteiger partial charge in [-0.05, 0) is 80.7 Å². The Morgan fingerprint density at radius 3 is 2.69 bits per heavy atom. The number of hydrogen-bond donors (Lipinski definition) is 2. The summed E-state index contributed by atoms with van der Waals surface area (Å²) >= 11 is 3.25. The minimum absolute atomic E-state index is 0.0226. The van der Waals surface area contributed by atoms with Gasteiger partial charge in [0.1, 0.15) is 0 Å². The maximum atomic E-state index is 12.5. The number of thiazole rings is 1. The Bertz CT molecular complexity index is 1330. The lowest BCUT2D eigenvalue weighted by atomic mass is 9.75. The first-order valence-electron chi connectivity index (χ1n) is 12.7. The Labute approximate surface area is 218 Å². The van der Waals surface area contributed by atoms with Crippen LogP contribution >= 0.6 is 23.1 Å². The van der Waals surface area contributed by atoms with Crippen LogP contribution in [-0.2, 0) is 4.79 Å². The quantitative estimate of drug-likeness (QED) is 0.409. The normalized spacial score (nSPS) is 25.8. The van der Waals surface area contributed by atoms with Gasteiger partial charge in [0.05, 0.1) is 11.6 Å². The zero-order valence-corrected chi connectivity index (χ0v) is 22.0. The predicted molar refractivity (Wildman–Crippen MR) is 144 cm³/mol. The third-order valence-electron chi connectivity index (χ3n) is 7.79. The molecular formula is C28H30N2O4S2. The lowest BCUT2D eigenvalue weighted by molar-refractivity contribution is -0.118. The fourth-order valence-electron chi connectivity index (χ4n) is 6.31. The molecule has 0 radical (unpaired) electrons. The van der Waals surface area contributed by atoms with Gasteiger partial charge in [-0.3, -0.25) is 9.59 Å². The summed E-state index contributed by atoms with van der Waals surface area (Å²) in [6.07, 6.45) is 3.89. The van der Waals surface area contributed by atoms with Crippen LogP contribution < -0.4 is 19.7 Å². The average molecular weight is 523 g/mol. The number of aromatic amines is 1. The van der Waals surface area contributed by atoms with E-state index in [9.17, 15) is 9.59 Å². The van der Waals surface area contributed by atoms with Gasteiger partial charge < -0.3 is 19.8 Å². The SMILES string of the molecule is CCOc1cc([C@H]2c3sc(=O)[nH]c3SC3C4CCC(C4)C32)ccc1OCC(=O)Nc1ccc(C)cc1. The molecule has 36 heavy (non-hydrogen) atoms. The van der Waals surface area contributed by atoms with E-state index in [1.165, 1.54) is 30.6 Å². The van der Waals surface area contributed by atoms with Crippen LogP contribution in [0.25, 0.3) is 0 Å². The van der Waals surface area contributed by atoms with Crippen molar-refractivity contribution in [2.45, 2.75) is 49.3 Å². The minimum Gasteiger partial charge on any atom is -0.490 e. The largest absolute Gasteiger partial charge is 0.490 e. The number of aryl methyl sites for hydroxylation is 1. The molecule has 2 bridgehead atoms. The molecule has 6 nitrogen and oxygen atoms in total. The van der Waals surface area contributed by atoms with Crippen molar-refractivity contribution < 1.29 is 14.3 Å². The summed E-state index contributed by atoms with van der Waals surface area (Å²) in [6, 6.07) is 13.7. The zero-order valence-electron chi connectivity index (χ0n) is 20.4. The molecule has 188 valence electrons. The van der Waals surface area contributed by atoms with E-state index in [4.69, 9.17) is 9.47 Å². The molecule has 2 aliphatic carbocycles. The second kappa shape index (κ2) is 9.63. The van der Waals surface area contributed by atoms with Crippen LogP contribution in [0, 0.1) is 24.7 Å². The zero-order chi connectivity index (χ0) is 24.8. The molecule has 0 spiro atoms. The number of carbonyl (C=O) groups is 1. The Kier molecular flexibility index (Phi) is 6.33. The van der Waals surface area contributed by atoms with Crippen LogP contribution in [0.4, 0.5) is 5.69 Å². The smallest absolute Gasteiger partial charge is 0.305 e. The molecule has 1 aliphatic heterocycles. The van der Waals surface area contributed by atoms with Gasteiger partial charge in [0.25, 0.3) is 5.91 Å². The van der Waals surface area contributed by atoms with Gasteiger partial charge in [-0.1, -0.05) is 35.1 Å². The highest BCUT2D eigenvalue weighted by Gasteiger charge is 2.54. The number of hydrogen-bond acceptors (Lipinski definition) is 6. The summed E-state index contributed by atoms with van der Waals surface area (Å²) in [6.45, 7) is 4.34. The van der Waals surface area contributed by atoms with Crippen molar-refractivity contribution in [3.05, 3.63) is 68.1 Å². The topological polar surface area (TPSA) is 80.4 Å². The van der Waals surface area contributed by atoms with Gasteiger partial charge in [-0.25, -0.2) is 0 Å². The summed E-state index contributed by atoms with van der Waals surface area (Å²) in [5.41, 5.74) is 3.04. The number of H-pyrrole nitrogens is 1. The van der Waals surface area contributed by atoms with Gasteiger partial charge >= 0.3 is 4.87 Å². The second-order valence-electron chi connectivity index (χ2n) is 10.0. The summed E-state index contributed by atoms with van der Waals surface area (Å²) < 4.78 is 11.9. The number of amides is 1. The van der Waals surface area contributed by atoms with Crippen molar-refractivity contribution in [3.8, 4) is 11.5 Å². The average Bonchev–Trinajstić information content (AvgIpc) is 3.58. The van der Waals surface area contributed by atoms with Crippen LogP contribution in [0.1, 0.15) is 48.1 Å². The Hall–Kier alpha value is -2.71. The number of rotatable bonds is 7. The molecule has 3 aromatic rings. The summed E-state index contributed by atoms with van der Waals surface area (Å²) in [5.74, 6) is 3.14. The van der Waals surface area contributed by atoms with Crippen LogP contribution in [-0.4, -0.2) is 29.4 Å². The highest BCUT2D eigenvalue weighted by Crippen LogP contribution is 2.63. The van der Waals surface area contributed by atoms with E-state index in [1.54, 1.807) is 0 Å². The van der Waals surface area contributed by atoms with E-state index in [-0.39, 0.29) is 23.3 Å². The molecule has 2 N–H and O–H groups in total. The maximum Gasteiger partial charge on any atom is 0.305 e. The third-order valence-corrected chi connectivity index (χ3v) is 10.4. The van der Waals surface area contributed by atoms with E-state index >= 15 is 0 Å².